The molecule has 9 heteroatoms. The summed E-state index contributed by atoms with van der Waals surface area (Å²) in [4.78, 5) is 13.1. The van der Waals surface area contributed by atoms with Crippen LogP contribution in [-0.4, -0.2) is 87.5 Å². The quantitative estimate of drug-likeness (QED) is 0.0261. The molecule has 7 unspecified atom stereocenters. The third kappa shape index (κ3) is 46.7. The van der Waals surface area contributed by atoms with Crippen LogP contribution in [0.5, 0.6) is 0 Å². The summed E-state index contributed by atoms with van der Waals surface area (Å²) in [6.45, 7) is 3.81. The van der Waals surface area contributed by atoms with Crippen LogP contribution in [0.3, 0.4) is 0 Å². The first-order valence-corrected chi connectivity index (χ1v) is 33.7. The van der Waals surface area contributed by atoms with Gasteiger partial charge in [0.2, 0.25) is 5.91 Å². The van der Waals surface area contributed by atoms with Crippen LogP contribution in [0.4, 0.5) is 0 Å². The molecule has 0 saturated carbocycles. The predicted octanol–water partition coefficient (Wildman–Crippen LogP) is 17.9. The molecule has 1 fully saturated rings. The average Bonchev–Trinajstić information content (AvgIpc) is 3.43. The molecule has 1 aliphatic heterocycles. The summed E-state index contributed by atoms with van der Waals surface area (Å²) < 4.78 is 11.3. The summed E-state index contributed by atoms with van der Waals surface area (Å²) in [7, 11) is 0. The fraction of sp³-hybridized carbons (Fsp3) is 0.897. The lowest BCUT2D eigenvalue weighted by Gasteiger charge is -2.40. The number of rotatable bonds is 59. The first kappa shape index (κ1) is 73.4. The summed E-state index contributed by atoms with van der Waals surface area (Å²) in [6, 6.07) is -0.822. The number of amides is 1. The molecule has 1 rings (SSSR count). The second kappa shape index (κ2) is 57.6. The fourth-order valence-electron chi connectivity index (χ4n) is 10.9. The number of ether oxygens (including phenoxy) is 2. The third-order valence-electron chi connectivity index (χ3n) is 16.2. The molecule has 0 radical (unpaired) electrons. The minimum Gasteiger partial charge on any atom is -0.394 e. The normalized spacial score (nSPS) is 18.9. The number of carbonyl (C=O) groups excluding carboxylic acids is 1. The Morgan fingerprint density at radius 2 is 0.740 bits per heavy atom. The maximum atomic E-state index is 13.1. The van der Waals surface area contributed by atoms with Crippen LogP contribution in [0.2, 0.25) is 0 Å². The number of aliphatic hydroxyl groups is 5. The molecule has 0 aliphatic carbocycles. The molecule has 1 amide bonds. The van der Waals surface area contributed by atoms with E-state index in [1.165, 1.54) is 276 Å². The van der Waals surface area contributed by atoms with E-state index in [-0.39, 0.29) is 12.5 Å². The van der Waals surface area contributed by atoms with E-state index in [1.807, 2.05) is 6.08 Å². The molecule has 0 aromatic rings. The highest BCUT2D eigenvalue weighted by molar-refractivity contribution is 5.76. The lowest BCUT2D eigenvalue weighted by Crippen LogP contribution is -2.60. The Morgan fingerprint density at radius 3 is 1.09 bits per heavy atom. The van der Waals surface area contributed by atoms with Gasteiger partial charge < -0.3 is 40.3 Å². The van der Waals surface area contributed by atoms with Crippen molar-refractivity contribution in [1.82, 2.24) is 5.32 Å². The van der Waals surface area contributed by atoms with Gasteiger partial charge in [-0.15, -0.1) is 0 Å². The van der Waals surface area contributed by atoms with Crippen LogP contribution >= 0.6 is 0 Å². The maximum absolute atomic E-state index is 13.1. The van der Waals surface area contributed by atoms with Crippen molar-refractivity contribution in [2.24, 2.45) is 0 Å². The second-order valence-electron chi connectivity index (χ2n) is 23.6. The van der Waals surface area contributed by atoms with Crippen molar-refractivity contribution in [3.63, 3.8) is 0 Å². The molecule has 7 atom stereocenters. The molecule has 1 aliphatic rings. The topological polar surface area (TPSA) is 149 Å². The Morgan fingerprint density at radius 1 is 0.429 bits per heavy atom. The van der Waals surface area contributed by atoms with Gasteiger partial charge >= 0.3 is 0 Å². The fourth-order valence-corrected chi connectivity index (χ4v) is 10.9. The number of allylic oxidation sites excluding steroid dienone is 5. The molecule has 0 bridgehead atoms. The van der Waals surface area contributed by atoms with Gasteiger partial charge in [0.05, 0.1) is 25.4 Å². The molecule has 454 valence electrons. The summed E-state index contributed by atoms with van der Waals surface area (Å²) in [5, 5.41) is 54.7. The zero-order valence-corrected chi connectivity index (χ0v) is 50.7. The van der Waals surface area contributed by atoms with Gasteiger partial charge in [-0.25, -0.2) is 0 Å². The lowest BCUT2D eigenvalue weighted by molar-refractivity contribution is -0.302. The minimum absolute atomic E-state index is 0.181. The van der Waals surface area contributed by atoms with Crippen LogP contribution in [0, 0.1) is 0 Å². The van der Waals surface area contributed by atoms with E-state index >= 15 is 0 Å². The summed E-state index contributed by atoms with van der Waals surface area (Å²) in [5.41, 5.74) is 0. The minimum atomic E-state index is -1.57. The van der Waals surface area contributed by atoms with Gasteiger partial charge in [-0.3, -0.25) is 4.79 Å². The van der Waals surface area contributed by atoms with Crippen molar-refractivity contribution >= 4 is 5.91 Å². The number of hydrogen-bond donors (Lipinski definition) is 6. The van der Waals surface area contributed by atoms with Crippen molar-refractivity contribution in [3.05, 3.63) is 36.5 Å². The molecular weight excluding hydrogens is 959 g/mol. The van der Waals surface area contributed by atoms with Crippen LogP contribution in [0.1, 0.15) is 335 Å². The summed E-state index contributed by atoms with van der Waals surface area (Å²) in [5.74, 6) is -0.181. The van der Waals surface area contributed by atoms with E-state index in [9.17, 15) is 30.3 Å². The standard InChI is InChI=1S/C68H129NO8/c1-3-5-7-9-11-13-15-17-19-21-23-25-27-28-29-30-31-32-33-34-36-38-40-42-44-46-48-50-52-54-56-58-64(72)69-61(60-76-68-67(75)66(74)65(73)63(59-70)77-68)62(71)57-55-53-51-49-47-45-43-41-39-37-35-26-24-22-20-18-16-14-12-10-8-6-4-2/h28-29,47,49,55,57,61-63,65-68,70-71,73-75H,3-27,30-46,48,50-54,56,58-60H2,1-2H3,(H,69,72)/b29-28-,49-47+,57-55+. The number of nitrogens with one attached hydrogen (secondary N) is 1. The average molecular weight is 1090 g/mol. The first-order chi connectivity index (χ1) is 37.8. The molecule has 0 aromatic carbocycles. The van der Waals surface area contributed by atoms with E-state index in [1.54, 1.807) is 6.08 Å². The second-order valence-corrected chi connectivity index (χ2v) is 23.6. The van der Waals surface area contributed by atoms with E-state index < -0.39 is 49.5 Å². The molecule has 9 nitrogen and oxygen atoms in total. The highest BCUT2D eigenvalue weighted by Crippen LogP contribution is 2.23. The monoisotopic (exact) mass is 1090 g/mol. The van der Waals surface area contributed by atoms with Gasteiger partial charge in [-0.2, -0.15) is 0 Å². The Hall–Kier alpha value is -1.59. The van der Waals surface area contributed by atoms with Crippen LogP contribution in [0.25, 0.3) is 0 Å². The predicted molar refractivity (Wildman–Crippen MR) is 327 cm³/mol. The van der Waals surface area contributed by atoms with Crippen LogP contribution < -0.4 is 5.32 Å². The zero-order valence-electron chi connectivity index (χ0n) is 50.7. The van der Waals surface area contributed by atoms with E-state index in [0.717, 1.165) is 38.5 Å². The molecule has 6 N–H and O–H groups in total. The Kier molecular flexibility index (Phi) is 55.0. The largest absolute Gasteiger partial charge is 0.394 e. The first-order valence-electron chi connectivity index (χ1n) is 33.7. The maximum Gasteiger partial charge on any atom is 0.220 e. The number of hydrogen-bond acceptors (Lipinski definition) is 8. The van der Waals surface area contributed by atoms with Crippen LogP contribution in [0.15, 0.2) is 36.5 Å². The molecule has 0 spiro atoms. The zero-order chi connectivity index (χ0) is 55.8. The Bertz CT molecular complexity index is 1310. The Balaban J connectivity index is 2.15. The van der Waals surface area contributed by atoms with Gasteiger partial charge in [-0.1, -0.05) is 307 Å². The highest BCUT2D eigenvalue weighted by Gasteiger charge is 2.44. The molecular formula is C68H129NO8. The van der Waals surface area contributed by atoms with Crippen molar-refractivity contribution < 1.29 is 39.8 Å². The van der Waals surface area contributed by atoms with Crippen molar-refractivity contribution in [1.29, 1.82) is 0 Å². The lowest BCUT2D eigenvalue weighted by atomic mass is 9.99. The summed E-state index contributed by atoms with van der Waals surface area (Å²) >= 11 is 0. The van der Waals surface area contributed by atoms with Gasteiger partial charge in [0.15, 0.2) is 6.29 Å². The Labute approximate surface area is 476 Å². The summed E-state index contributed by atoms with van der Waals surface area (Å²) in [6.07, 6.45) is 69.6. The van der Waals surface area contributed by atoms with E-state index in [4.69, 9.17) is 9.47 Å². The number of carbonyl (C=O) groups is 1. The molecule has 1 saturated heterocycles. The highest BCUT2D eigenvalue weighted by atomic mass is 16.7. The van der Waals surface area contributed by atoms with Crippen LogP contribution in [-0.2, 0) is 14.3 Å². The van der Waals surface area contributed by atoms with Gasteiger partial charge in [0.1, 0.15) is 24.4 Å². The third-order valence-corrected chi connectivity index (χ3v) is 16.2. The van der Waals surface area contributed by atoms with Crippen molar-refractivity contribution in [3.8, 4) is 0 Å². The van der Waals surface area contributed by atoms with Crippen molar-refractivity contribution in [2.75, 3.05) is 13.2 Å². The number of unbranched alkanes of at least 4 members (excludes halogenated alkanes) is 45. The van der Waals surface area contributed by atoms with Gasteiger partial charge in [0, 0.05) is 6.42 Å². The van der Waals surface area contributed by atoms with Gasteiger partial charge in [0.25, 0.3) is 0 Å². The number of aliphatic hydroxyl groups excluding tert-OH is 5. The molecule has 1 heterocycles. The SMILES string of the molecule is CCCCCCCCCCCCCC/C=C\CCCCCCCCCCCCCCCCCC(=O)NC(COC1OC(CO)C(O)C(O)C1O)C(O)/C=C/CC/C=C/CCCCCCCCCCCCCCCCCCC. The molecule has 77 heavy (non-hydrogen) atoms. The smallest absolute Gasteiger partial charge is 0.220 e. The van der Waals surface area contributed by atoms with Gasteiger partial charge in [-0.05, 0) is 57.8 Å². The van der Waals surface area contributed by atoms with Crippen molar-refractivity contribution in [2.45, 2.75) is 378 Å². The van der Waals surface area contributed by atoms with E-state index in [2.05, 4.69) is 43.5 Å². The van der Waals surface area contributed by atoms with E-state index in [0.29, 0.717) is 6.42 Å². The molecule has 0 aromatic heterocycles.